The molecule has 0 amide bonds. The van der Waals surface area contributed by atoms with Gasteiger partial charge in [0.1, 0.15) is 0 Å². The maximum absolute atomic E-state index is 12.3. The molecule has 0 atom stereocenters. The number of hydrogen-bond donors (Lipinski definition) is 1. The summed E-state index contributed by atoms with van der Waals surface area (Å²) < 4.78 is 0. The summed E-state index contributed by atoms with van der Waals surface area (Å²) in [5.74, 6) is 0.160. The number of hydrogen-bond acceptors (Lipinski definition) is 2. The second-order valence-electron chi connectivity index (χ2n) is 7.09. The number of nitrogens with one attached hydrogen (secondary N) is 1. The number of rotatable bonds is 5. The lowest BCUT2D eigenvalue weighted by Gasteiger charge is -2.14. The van der Waals surface area contributed by atoms with E-state index >= 15 is 0 Å². The summed E-state index contributed by atoms with van der Waals surface area (Å²) in [7, 11) is 4.19. The molecule has 1 aromatic carbocycles. The highest BCUT2D eigenvalue weighted by Crippen LogP contribution is 2.24. The van der Waals surface area contributed by atoms with Gasteiger partial charge in [-0.05, 0) is 57.2 Å². The lowest BCUT2D eigenvalue weighted by molar-refractivity contribution is 0.0854. The Balaban J connectivity index is 2.18. The summed E-state index contributed by atoms with van der Waals surface area (Å²) in [6.07, 6.45) is 2.22. The van der Waals surface area contributed by atoms with E-state index in [2.05, 4.69) is 42.2 Å². The van der Waals surface area contributed by atoms with Gasteiger partial charge in [-0.2, -0.15) is 0 Å². The SMILES string of the molecule is CN(C)CCCc1ccc2[nH]c(C(=O)C(C)(C)C)cc2c1. The first-order valence-electron chi connectivity index (χ1n) is 7.58. The van der Waals surface area contributed by atoms with Gasteiger partial charge in [-0.3, -0.25) is 4.79 Å². The Labute approximate surface area is 127 Å². The Hall–Kier alpha value is -1.61. The summed E-state index contributed by atoms with van der Waals surface area (Å²) >= 11 is 0. The molecule has 0 aliphatic rings. The second-order valence-corrected chi connectivity index (χ2v) is 7.09. The summed E-state index contributed by atoms with van der Waals surface area (Å²) in [5.41, 5.74) is 2.73. The zero-order valence-electron chi connectivity index (χ0n) is 13.8. The third kappa shape index (κ3) is 3.94. The average molecular weight is 286 g/mol. The predicted molar refractivity (Wildman–Crippen MR) is 89.0 cm³/mol. The van der Waals surface area contributed by atoms with E-state index in [4.69, 9.17) is 0 Å². The molecular formula is C18H26N2O. The van der Waals surface area contributed by atoms with E-state index in [1.54, 1.807) is 0 Å². The van der Waals surface area contributed by atoms with Crippen LogP contribution in [-0.2, 0) is 6.42 Å². The maximum atomic E-state index is 12.3. The van der Waals surface area contributed by atoms with Crippen LogP contribution in [-0.4, -0.2) is 36.3 Å². The number of benzene rings is 1. The molecule has 114 valence electrons. The van der Waals surface area contributed by atoms with Crippen LogP contribution in [0.2, 0.25) is 0 Å². The van der Waals surface area contributed by atoms with Crippen LogP contribution in [0, 0.1) is 5.41 Å². The highest BCUT2D eigenvalue weighted by molar-refractivity contribution is 6.02. The monoisotopic (exact) mass is 286 g/mol. The molecule has 1 heterocycles. The Kier molecular flexibility index (Phi) is 4.52. The molecule has 0 aliphatic heterocycles. The molecule has 2 aromatic rings. The molecule has 0 radical (unpaired) electrons. The van der Waals surface area contributed by atoms with Gasteiger partial charge in [-0.25, -0.2) is 0 Å². The van der Waals surface area contributed by atoms with Crippen LogP contribution >= 0.6 is 0 Å². The lowest BCUT2D eigenvalue weighted by Crippen LogP contribution is -2.20. The fourth-order valence-corrected chi connectivity index (χ4v) is 2.46. The first-order valence-corrected chi connectivity index (χ1v) is 7.58. The van der Waals surface area contributed by atoms with E-state index in [1.807, 2.05) is 26.8 Å². The van der Waals surface area contributed by atoms with Crippen LogP contribution in [0.25, 0.3) is 10.9 Å². The van der Waals surface area contributed by atoms with Gasteiger partial charge in [0.05, 0.1) is 5.69 Å². The molecule has 1 N–H and O–H groups in total. The fourth-order valence-electron chi connectivity index (χ4n) is 2.46. The number of ketones is 1. The Morgan fingerprint density at radius 3 is 2.52 bits per heavy atom. The minimum Gasteiger partial charge on any atom is -0.352 e. The molecule has 0 saturated carbocycles. The van der Waals surface area contributed by atoms with Crippen molar-refractivity contribution in [3.05, 3.63) is 35.5 Å². The van der Waals surface area contributed by atoms with E-state index < -0.39 is 0 Å². The summed E-state index contributed by atoms with van der Waals surface area (Å²) in [6, 6.07) is 8.42. The number of aromatic nitrogens is 1. The van der Waals surface area contributed by atoms with Gasteiger partial charge in [0.25, 0.3) is 0 Å². The number of aryl methyl sites for hydroxylation is 1. The number of aromatic amines is 1. The second kappa shape index (κ2) is 6.02. The van der Waals surface area contributed by atoms with Crippen molar-refractivity contribution in [3.8, 4) is 0 Å². The van der Waals surface area contributed by atoms with Crippen LogP contribution in [0.5, 0.6) is 0 Å². The third-order valence-corrected chi connectivity index (χ3v) is 3.68. The minimum atomic E-state index is -0.352. The molecule has 3 heteroatoms. The van der Waals surface area contributed by atoms with Gasteiger partial charge in [-0.15, -0.1) is 0 Å². The van der Waals surface area contributed by atoms with Crippen LogP contribution in [0.3, 0.4) is 0 Å². The number of fused-ring (bicyclic) bond motifs is 1. The van der Waals surface area contributed by atoms with Crippen molar-refractivity contribution in [1.82, 2.24) is 9.88 Å². The molecule has 0 saturated heterocycles. The highest BCUT2D eigenvalue weighted by atomic mass is 16.1. The van der Waals surface area contributed by atoms with Gasteiger partial charge in [-0.1, -0.05) is 26.8 Å². The molecular weight excluding hydrogens is 260 g/mol. The van der Waals surface area contributed by atoms with E-state index in [9.17, 15) is 4.79 Å². The topological polar surface area (TPSA) is 36.1 Å². The summed E-state index contributed by atoms with van der Waals surface area (Å²) in [4.78, 5) is 17.8. The maximum Gasteiger partial charge on any atom is 0.184 e. The predicted octanol–water partition coefficient (Wildman–Crippen LogP) is 3.89. The first kappa shape index (κ1) is 15.8. The van der Waals surface area contributed by atoms with Crippen molar-refractivity contribution in [3.63, 3.8) is 0 Å². The smallest absolute Gasteiger partial charge is 0.184 e. The van der Waals surface area contributed by atoms with E-state index in [0.29, 0.717) is 5.69 Å². The van der Waals surface area contributed by atoms with Gasteiger partial charge in [0, 0.05) is 16.3 Å². The normalized spacial score (nSPS) is 12.3. The van der Waals surface area contributed by atoms with Crippen molar-refractivity contribution < 1.29 is 4.79 Å². The molecule has 0 unspecified atom stereocenters. The highest BCUT2D eigenvalue weighted by Gasteiger charge is 2.24. The van der Waals surface area contributed by atoms with Gasteiger partial charge >= 0.3 is 0 Å². The Morgan fingerprint density at radius 2 is 1.90 bits per heavy atom. The zero-order valence-corrected chi connectivity index (χ0v) is 13.8. The van der Waals surface area contributed by atoms with Crippen LogP contribution < -0.4 is 0 Å². The van der Waals surface area contributed by atoms with Gasteiger partial charge in [0.15, 0.2) is 5.78 Å². The van der Waals surface area contributed by atoms with Crippen molar-refractivity contribution in [2.45, 2.75) is 33.6 Å². The van der Waals surface area contributed by atoms with Crippen molar-refractivity contribution >= 4 is 16.7 Å². The molecule has 2 rings (SSSR count). The summed E-state index contributed by atoms with van der Waals surface area (Å²) in [6.45, 7) is 6.95. The minimum absolute atomic E-state index is 0.160. The molecule has 3 nitrogen and oxygen atoms in total. The number of carbonyl (C=O) groups is 1. The van der Waals surface area contributed by atoms with Crippen molar-refractivity contribution in [2.24, 2.45) is 5.41 Å². The molecule has 0 spiro atoms. The molecule has 21 heavy (non-hydrogen) atoms. The first-order chi connectivity index (χ1) is 9.77. The molecule has 0 fully saturated rings. The van der Waals surface area contributed by atoms with Crippen LogP contribution in [0.1, 0.15) is 43.2 Å². The number of H-pyrrole nitrogens is 1. The van der Waals surface area contributed by atoms with Crippen molar-refractivity contribution in [2.75, 3.05) is 20.6 Å². The fraction of sp³-hybridized carbons (Fsp3) is 0.500. The molecule has 0 bridgehead atoms. The van der Waals surface area contributed by atoms with Gasteiger partial charge in [0.2, 0.25) is 0 Å². The zero-order chi connectivity index (χ0) is 15.6. The lowest BCUT2D eigenvalue weighted by atomic mass is 9.89. The van der Waals surface area contributed by atoms with Crippen molar-refractivity contribution in [1.29, 1.82) is 0 Å². The van der Waals surface area contributed by atoms with E-state index in [-0.39, 0.29) is 11.2 Å². The number of Topliss-reactive ketones (excluding diaryl/α,β-unsaturated/α-hetero) is 1. The summed E-state index contributed by atoms with van der Waals surface area (Å²) in [5, 5.41) is 1.13. The molecule has 0 aliphatic carbocycles. The average Bonchev–Trinajstić information content (AvgIpc) is 2.79. The molecule has 1 aromatic heterocycles. The number of carbonyl (C=O) groups excluding carboxylic acids is 1. The Morgan fingerprint density at radius 1 is 1.19 bits per heavy atom. The third-order valence-electron chi connectivity index (χ3n) is 3.68. The Bertz CT molecular complexity index is 632. The number of nitrogens with zero attached hydrogens (tertiary/aromatic N) is 1. The van der Waals surface area contributed by atoms with Gasteiger partial charge < -0.3 is 9.88 Å². The van der Waals surface area contributed by atoms with Crippen LogP contribution in [0.4, 0.5) is 0 Å². The largest absolute Gasteiger partial charge is 0.352 e. The van der Waals surface area contributed by atoms with E-state index in [1.165, 1.54) is 5.56 Å². The standard InChI is InChI=1S/C18H26N2O/c1-18(2,3)17(21)16-12-14-11-13(7-6-10-20(4)5)8-9-15(14)19-16/h8-9,11-12,19H,6-7,10H2,1-5H3. The quantitative estimate of drug-likeness (QED) is 0.846. The van der Waals surface area contributed by atoms with E-state index in [0.717, 1.165) is 30.3 Å². The van der Waals surface area contributed by atoms with Crippen LogP contribution in [0.15, 0.2) is 24.3 Å².